The number of rotatable bonds is 4. The zero-order valence-corrected chi connectivity index (χ0v) is 19.3. The van der Waals surface area contributed by atoms with Gasteiger partial charge in [0.2, 0.25) is 0 Å². The number of nitrogens with one attached hydrogen (secondary N) is 1. The zero-order chi connectivity index (χ0) is 23.2. The summed E-state index contributed by atoms with van der Waals surface area (Å²) in [7, 11) is 0. The molecule has 2 saturated heterocycles. The molecule has 0 radical (unpaired) electrons. The topological polar surface area (TPSA) is 69.6 Å². The highest BCUT2D eigenvalue weighted by molar-refractivity contribution is 5.99. The Morgan fingerprint density at radius 2 is 1.70 bits per heavy atom. The summed E-state index contributed by atoms with van der Waals surface area (Å²) in [5, 5.41) is 4.48. The standard InChI is InChI=1S/C27H30N2O4/c1-17-7-6-8-18(15-17)23(24-25(30)32-27(2,3)33-26(24)31)21-16-29(19-11-13-28-14-12-19)22-10-5-4-9-20(21)22/h4-10,15-16,19,23-24,28H,11-14H2,1-3H3. The summed E-state index contributed by atoms with van der Waals surface area (Å²) in [5.74, 6) is -3.91. The summed E-state index contributed by atoms with van der Waals surface area (Å²) in [6, 6.07) is 16.6. The molecule has 33 heavy (non-hydrogen) atoms. The van der Waals surface area contributed by atoms with E-state index >= 15 is 0 Å². The average Bonchev–Trinajstić information content (AvgIpc) is 3.15. The highest BCUT2D eigenvalue weighted by Gasteiger charge is 2.48. The molecule has 172 valence electrons. The molecular formula is C27H30N2O4. The fraction of sp³-hybridized carbons (Fsp3) is 0.407. The molecule has 3 aromatic rings. The van der Waals surface area contributed by atoms with Gasteiger partial charge in [0.1, 0.15) is 0 Å². The molecule has 3 heterocycles. The van der Waals surface area contributed by atoms with Gasteiger partial charge in [-0.1, -0.05) is 48.0 Å². The van der Waals surface area contributed by atoms with Crippen molar-refractivity contribution in [3.05, 3.63) is 71.4 Å². The molecule has 0 amide bonds. The first-order chi connectivity index (χ1) is 15.8. The van der Waals surface area contributed by atoms with Gasteiger partial charge in [0.15, 0.2) is 5.92 Å². The van der Waals surface area contributed by atoms with Gasteiger partial charge in [-0.2, -0.15) is 0 Å². The first kappa shape index (κ1) is 21.7. The summed E-state index contributed by atoms with van der Waals surface area (Å²) < 4.78 is 13.4. The van der Waals surface area contributed by atoms with Crippen molar-refractivity contribution < 1.29 is 19.1 Å². The molecule has 1 atom stereocenters. The van der Waals surface area contributed by atoms with Crippen molar-refractivity contribution in [2.45, 2.75) is 51.4 Å². The van der Waals surface area contributed by atoms with Crippen LogP contribution < -0.4 is 5.32 Å². The molecule has 0 spiro atoms. The Balaban J connectivity index is 1.69. The third-order valence-corrected chi connectivity index (χ3v) is 6.74. The van der Waals surface area contributed by atoms with Gasteiger partial charge < -0.3 is 19.4 Å². The van der Waals surface area contributed by atoms with E-state index in [2.05, 4.69) is 28.2 Å². The fourth-order valence-corrected chi connectivity index (χ4v) is 5.28. The largest absolute Gasteiger partial charge is 0.422 e. The fourth-order valence-electron chi connectivity index (χ4n) is 5.28. The molecule has 6 heteroatoms. The lowest BCUT2D eigenvalue weighted by Crippen LogP contribution is -2.48. The van der Waals surface area contributed by atoms with Gasteiger partial charge in [0.25, 0.3) is 5.79 Å². The number of esters is 2. The molecule has 2 aliphatic heterocycles. The van der Waals surface area contributed by atoms with Crippen molar-refractivity contribution in [2.24, 2.45) is 5.92 Å². The summed E-state index contributed by atoms with van der Waals surface area (Å²) >= 11 is 0. The minimum absolute atomic E-state index is 0.368. The van der Waals surface area contributed by atoms with E-state index in [9.17, 15) is 9.59 Å². The molecule has 2 fully saturated rings. The summed E-state index contributed by atoms with van der Waals surface area (Å²) in [5.41, 5.74) is 4.04. The van der Waals surface area contributed by atoms with Gasteiger partial charge in [0, 0.05) is 42.9 Å². The maximum absolute atomic E-state index is 13.2. The van der Waals surface area contributed by atoms with Crippen LogP contribution >= 0.6 is 0 Å². The SMILES string of the molecule is Cc1cccc(C(c2cn(C3CCNCC3)c3ccccc23)C2C(=O)OC(C)(C)OC2=O)c1. The van der Waals surface area contributed by atoms with E-state index < -0.39 is 29.6 Å². The second-order valence-corrected chi connectivity index (χ2v) is 9.60. The van der Waals surface area contributed by atoms with E-state index in [1.54, 1.807) is 13.8 Å². The number of aryl methyl sites for hydroxylation is 1. The van der Waals surface area contributed by atoms with Crippen molar-refractivity contribution in [1.29, 1.82) is 0 Å². The van der Waals surface area contributed by atoms with E-state index in [0.717, 1.165) is 53.5 Å². The monoisotopic (exact) mass is 446 g/mol. The number of carbonyl (C=O) groups is 2. The zero-order valence-electron chi connectivity index (χ0n) is 19.3. The van der Waals surface area contributed by atoms with Gasteiger partial charge >= 0.3 is 11.9 Å². The number of aromatic nitrogens is 1. The molecule has 1 N–H and O–H groups in total. The lowest BCUT2D eigenvalue weighted by Gasteiger charge is -2.36. The Hall–Kier alpha value is -3.12. The number of hydrogen-bond donors (Lipinski definition) is 1. The number of para-hydroxylation sites is 1. The third kappa shape index (κ3) is 4.04. The minimum Gasteiger partial charge on any atom is -0.422 e. The number of benzene rings is 2. The molecule has 6 nitrogen and oxygen atoms in total. The first-order valence-electron chi connectivity index (χ1n) is 11.7. The smallest absolute Gasteiger partial charge is 0.324 e. The Kier molecular flexibility index (Phi) is 5.49. The van der Waals surface area contributed by atoms with E-state index in [0.29, 0.717) is 6.04 Å². The molecule has 5 rings (SSSR count). The summed E-state index contributed by atoms with van der Waals surface area (Å²) in [6.45, 7) is 7.14. The molecule has 0 aliphatic carbocycles. The van der Waals surface area contributed by atoms with Crippen LogP contribution in [0.5, 0.6) is 0 Å². The molecule has 0 saturated carbocycles. The lowest BCUT2D eigenvalue weighted by atomic mass is 9.79. The van der Waals surface area contributed by atoms with Crippen LogP contribution in [0.4, 0.5) is 0 Å². The van der Waals surface area contributed by atoms with E-state index in [-0.39, 0.29) is 0 Å². The number of hydrogen-bond acceptors (Lipinski definition) is 5. The minimum atomic E-state index is -1.26. The van der Waals surface area contributed by atoms with Crippen LogP contribution in [0.25, 0.3) is 10.9 Å². The normalized spacial score (nSPS) is 20.5. The van der Waals surface area contributed by atoms with Crippen LogP contribution in [0.2, 0.25) is 0 Å². The highest BCUT2D eigenvalue weighted by Crippen LogP contribution is 2.42. The quantitative estimate of drug-likeness (QED) is 0.473. The number of ether oxygens (including phenoxy) is 2. The molecule has 1 unspecified atom stereocenters. The number of piperidine rings is 1. The predicted octanol–water partition coefficient (Wildman–Crippen LogP) is 4.46. The van der Waals surface area contributed by atoms with Crippen LogP contribution in [0.15, 0.2) is 54.7 Å². The van der Waals surface area contributed by atoms with E-state index in [4.69, 9.17) is 9.47 Å². The number of cyclic esters (lactones) is 2. The summed E-state index contributed by atoms with van der Waals surface area (Å²) in [4.78, 5) is 26.4. The van der Waals surface area contributed by atoms with Crippen LogP contribution in [-0.4, -0.2) is 35.4 Å². The second kappa shape index (κ2) is 8.34. The van der Waals surface area contributed by atoms with E-state index in [1.165, 1.54) is 0 Å². The maximum atomic E-state index is 13.2. The van der Waals surface area contributed by atoms with Gasteiger partial charge in [-0.15, -0.1) is 0 Å². The Morgan fingerprint density at radius 3 is 2.39 bits per heavy atom. The van der Waals surface area contributed by atoms with Crippen molar-refractivity contribution in [3.8, 4) is 0 Å². The van der Waals surface area contributed by atoms with Gasteiger partial charge in [-0.25, -0.2) is 0 Å². The first-order valence-corrected chi connectivity index (χ1v) is 11.7. The van der Waals surface area contributed by atoms with Crippen LogP contribution in [0, 0.1) is 12.8 Å². The van der Waals surface area contributed by atoms with Gasteiger partial charge in [-0.3, -0.25) is 9.59 Å². The van der Waals surface area contributed by atoms with Crippen LogP contribution in [0.1, 0.15) is 55.3 Å². The highest BCUT2D eigenvalue weighted by atomic mass is 16.7. The average molecular weight is 447 g/mol. The molecule has 2 aromatic carbocycles. The van der Waals surface area contributed by atoms with Gasteiger partial charge in [-0.05, 0) is 50.0 Å². The predicted molar refractivity (Wildman–Crippen MR) is 126 cm³/mol. The third-order valence-electron chi connectivity index (χ3n) is 6.74. The number of nitrogens with zero attached hydrogens (tertiary/aromatic N) is 1. The molecule has 0 bridgehead atoms. The Morgan fingerprint density at radius 1 is 1.00 bits per heavy atom. The molecule has 1 aromatic heterocycles. The number of carbonyl (C=O) groups excluding carboxylic acids is 2. The van der Waals surface area contributed by atoms with Crippen molar-refractivity contribution in [3.63, 3.8) is 0 Å². The van der Waals surface area contributed by atoms with Crippen LogP contribution in [-0.2, 0) is 19.1 Å². The molecular weight excluding hydrogens is 416 g/mol. The number of fused-ring (bicyclic) bond motifs is 1. The van der Waals surface area contributed by atoms with Crippen molar-refractivity contribution >= 4 is 22.8 Å². The Labute approximate surface area is 193 Å². The summed E-state index contributed by atoms with van der Waals surface area (Å²) in [6.07, 6.45) is 4.22. The van der Waals surface area contributed by atoms with Crippen molar-refractivity contribution in [2.75, 3.05) is 13.1 Å². The maximum Gasteiger partial charge on any atom is 0.324 e. The second-order valence-electron chi connectivity index (χ2n) is 9.60. The van der Waals surface area contributed by atoms with Gasteiger partial charge in [0.05, 0.1) is 0 Å². The van der Waals surface area contributed by atoms with E-state index in [1.807, 2.05) is 43.3 Å². The lowest BCUT2D eigenvalue weighted by molar-refractivity contribution is -0.240. The van der Waals surface area contributed by atoms with Crippen LogP contribution in [0.3, 0.4) is 0 Å². The Bertz CT molecular complexity index is 1190. The molecule has 2 aliphatic rings. The van der Waals surface area contributed by atoms with Crippen molar-refractivity contribution in [1.82, 2.24) is 9.88 Å².